The molecule has 0 aliphatic rings. The van der Waals surface area contributed by atoms with E-state index in [4.69, 9.17) is 0 Å². The number of allylic oxidation sites excluding steroid dienone is 4. The summed E-state index contributed by atoms with van der Waals surface area (Å²) in [5.74, 6) is 0.583. The molecule has 0 amide bonds. The van der Waals surface area contributed by atoms with E-state index in [9.17, 15) is 0 Å². The summed E-state index contributed by atoms with van der Waals surface area (Å²) < 4.78 is 0. The van der Waals surface area contributed by atoms with Crippen molar-refractivity contribution in [1.29, 1.82) is 0 Å². The molecule has 0 aliphatic heterocycles. The third-order valence-electron chi connectivity index (χ3n) is 1.95. The highest BCUT2D eigenvalue weighted by Gasteiger charge is 2.02. The van der Waals surface area contributed by atoms with Crippen molar-refractivity contribution in [3.05, 3.63) is 36.0 Å². The van der Waals surface area contributed by atoms with Crippen LogP contribution in [0.1, 0.15) is 27.7 Å². The smallest absolute Gasteiger partial charge is 0.0247 e. The average molecular weight is 150 g/mol. The molecule has 0 heteroatoms. The lowest BCUT2D eigenvalue weighted by atomic mass is 9.95. The molecule has 0 bridgehead atoms. The topological polar surface area (TPSA) is 0 Å². The molecule has 0 atom stereocenters. The molecule has 0 unspecified atom stereocenters. The molecule has 0 heterocycles. The normalized spacial score (nSPS) is 12.8. The van der Waals surface area contributed by atoms with Gasteiger partial charge in [-0.1, -0.05) is 44.2 Å². The zero-order valence-electron chi connectivity index (χ0n) is 8.07. The summed E-state index contributed by atoms with van der Waals surface area (Å²) >= 11 is 0. The molecule has 0 rings (SSSR count). The van der Waals surface area contributed by atoms with E-state index in [1.165, 1.54) is 11.1 Å². The predicted molar refractivity (Wildman–Crippen MR) is 52.5 cm³/mol. The van der Waals surface area contributed by atoms with Crippen molar-refractivity contribution >= 4 is 0 Å². The first-order chi connectivity index (χ1) is 5.00. The molecule has 0 radical (unpaired) electrons. The van der Waals surface area contributed by atoms with Crippen LogP contribution in [0.25, 0.3) is 0 Å². The van der Waals surface area contributed by atoms with E-state index in [0.717, 1.165) is 5.57 Å². The van der Waals surface area contributed by atoms with Crippen molar-refractivity contribution in [2.45, 2.75) is 27.7 Å². The van der Waals surface area contributed by atoms with Gasteiger partial charge < -0.3 is 0 Å². The van der Waals surface area contributed by atoms with Gasteiger partial charge >= 0.3 is 0 Å². The number of hydrogen-bond acceptors (Lipinski definition) is 0. The molecule has 0 aromatic rings. The van der Waals surface area contributed by atoms with Gasteiger partial charge in [-0.05, 0) is 25.3 Å². The van der Waals surface area contributed by atoms with Gasteiger partial charge in [0.25, 0.3) is 0 Å². The Kier molecular flexibility index (Phi) is 3.88. The van der Waals surface area contributed by atoms with E-state index in [-0.39, 0.29) is 0 Å². The van der Waals surface area contributed by atoms with Crippen molar-refractivity contribution in [2.75, 3.05) is 0 Å². The van der Waals surface area contributed by atoms with Crippen LogP contribution in [0, 0.1) is 5.92 Å². The minimum atomic E-state index is 0.583. The van der Waals surface area contributed by atoms with E-state index in [1.807, 2.05) is 13.0 Å². The minimum Gasteiger partial charge on any atom is -0.0985 e. The maximum absolute atomic E-state index is 3.90. The third-order valence-corrected chi connectivity index (χ3v) is 1.95. The van der Waals surface area contributed by atoms with Crippen LogP contribution in [0.15, 0.2) is 36.0 Å². The first-order valence-corrected chi connectivity index (χ1v) is 3.99. The predicted octanol–water partition coefficient (Wildman–Crippen LogP) is 3.72. The molecule has 0 spiro atoms. The summed E-state index contributed by atoms with van der Waals surface area (Å²) in [6.45, 7) is 16.2. The molecule has 0 nitrogen and oxygen atoms in total. The quantitative estimate of drug-likeness (QED) is 0.538. The molecule has 62 valence electrons. The molecule has 0 aliphatic carbocycles. The van der Waals surface area contributed by atoms with Crippen LogP contribution in [0.5, 0.6) is 0 Å². The monoisotopic (exact) mass is 150 g/mol. The van der Waals surface area contributed by atoms with Gasteiger partial charge in [0.15, 0.2) is 0 Å². The van der Waals surface area contributed by atoms with Crippen LogP contribution < -0.4 is 0 Å². The van der Waals surface area contributed by atoms with Crippen molar-refractivity contribution in [2.24, 2.45) is 5.92 Å². The highest BCUT2D eigenvalue weighted by molar-refractivity contribution is 5.39. The second-order valence-corrected chi connectivity index (χ2v) is 3.24. The van der Waals surface area contributed by atoms with Gasteiger partial charge in [-0.25, -0.2) is 0 Å². The SMILES string of the molecule is C=C/C(C(=C)C)=C(\C)C(C)C. The van der Waals surface area contributed by atoms with Gasteiger partial charge in [-0.2, -0.15) is 0 Å². The molecule has 0 aromatic heterocycles. The van der Waals surface area contributed by atoms with E-state index in [2.05, 4.69) is 33.9 Å². The van der Waals surface area contributed by atoms with E-state index >= 15 is 0 Å². The second kappa shape index (κ2) is 4.17. The summed E-state index contributed by atoms with van der Waals surface area (Å²) in [6.07, 6.45) is 1.89. The molecular formula is C11H18. The fourth-order valence-electron chi connectivity index (χ4n) is 0.983. The van der Waals surface area contributed by atoms with Crippen LogP contribution in [0.3, 0.4) is 0 Å². The van der Waals surface area contributed by atoms with Gasteiger partial charge in [0.1, 0.15) is 0 Å². The molecule has 0 saturated carbocycles. The van der Waals surface area contributed by atoms with Crippen molar-refractivity contribution in [1.82, 2.24) is 0 Å². The standard InChI is InChI=1S/C11H18/c1-7-11(9(4)5)10(6)8(2)3/h7-8H,1,4H2,2-3,5-6H3/b11-10-. The largest absolute Gasteiger partial charge is 0.0985 e. The second-order valence-electron chi connectivity index (χ2n) is 3.24. The summed E-state index contributed by atoms with van der Waals surface area (Å²) in [6, 6.07) is 0. The van der Waals surface area contributed by atoms with E-state index < -0.39 is 0 Å². The van der Waals surface area contributed by atoms with Gasteiger partial charge in [0.2, 0.25) is 0 Å². The average Bonchev–Trinajstić information content (AvgIpc) is 1.88. The van der Waals surface area contributed by atoms with Crippen molar-refractivity contribution in [3.8, 4) is 0 Å². The van der Waals surface area contributed by atoms with Gasteiger partial charge in [0, 0.05) is 0 Å². The Bertz CT molecular complexity index is 192. The summed E-state index contributed by atoms with van der Waals surface area (Å²) in [5, 5.41) is 0. The number of hydrogen-bond donors (Lipinski definition) is 0. The molecule has 0 N–H and O–H groups in total. The Morgan fingerprint density at radius 3 is 1.82 bits per heavy atom. The summed E-state index contributed by atoms with van der Waals surface area (Å²) in [7, 11) is 0. The summed E-state index contributed by atoms with van der Waals surface area (Å²) in [4.78, 5) is 0. The first kappa shape index (κ1) is 10.2. The Morgan fingerprint density at radius 2 is 1.73 bits per heavy atom. The van der Waals surface area contributed by atoms with Crippen LogP contribution in [-0.2, 0) is 0 Å². The Balaban J connectivity index is 4.83. The molecule has 0 saturated heterocycles. The summed E-state index contributed by atoms with van der Waals surface area (Å²) in [5.41, 5.74) is 3.68. The Labute approximate surface area is 70.3 Å². The zero-order valence-corrected chi connectivity index (χ0v) is 8.07. The molecule has 0 aromatic carbocycles. The highest BCUT2D eigenvalue weighted by Crippen LogP contribution is 2.19. The Morgan fingerprint density at radius 1 is 1.27 bits per heavy atom. The van der Waals surface area contributed by atoms with Gasteiger partial charge in [-0.15, -0.1) is 0 Å². The molecule has 0 fully saturated rings. The fourth-order valence-corrected chi connectivity index (χ4v) is 0.983. The zero-order chi connectivity index (χ0) is 9.02. The van der Waals surface area contributed by atoms with Crippen molar-refractivity contribution < 1.29 is 0 Å². The Hall–Kier alpha value is -0.780. The van der Waals surface area contributed by atoms with Crippen molar-refractivity contribution in [3.63, 3.8) is 0 Å². The maximum Gasteiger partial charge on any atom is -0.0247 e. The van der Waals surface area contributed by atoms with Crippen LogP contribution in [0.2, 0.25) is 0 Å². The fraction of sp³-hybridized carbons (Fsp3) is 0.455. The first-order valence-electron chi connectivity index (χ1n) is 3.99. The third kappa shape index (κ3) is 2.75. The molecular weight excluding hydrogens is 132 g/mol. The molecule has 11 heavy (non-hydrogen) atoms. The van der Waals surface area contributed by atoms with E-state index in [0.29, 0.717) is 5.92 Å². The van der Waals surface area contributed by atoms with Crippen LogP contribution in [-0.4, -0.2) is 0 Å². The lowest BCUT2D eigenvalue weighted by Gasteiger charge is -2.10. The van der Waals surface area contributed by atoms with Gasteiger partial charge in [-0.3, -0.25) is 0 Å². The van der Waals surface area contributed by atoms with E-state index in [1.54, 1.807) is 0 Å². The highest BCUT2D eigenvalue weighted by atomic mass is 14.1. The lowest BCUT2D eigenvalue weighted by molar-refractivity contribution is 0.762. The minimum absolute atomic E-state index is 0.583. The van der Waals surface area contributed by atoms with Crippen LogP contribution in [0.4, 0.5) is 0 Å². The van der Waals surface area contributed by atoms with Gasteiger partial charge in [0.05, 0.1) is 0 Å². The lowest BCUT2D eigenvalue weighted by Crippen LogP contribution is -1.94. The number of rotatable bonds is 3. The maximum atomic E-state index is 3.90. The van der Waals surface area contributed by atoms with Crippen LogP contribution >= 0.6 is 0 Å².